The lowest BCUT2D eigenvalue weighted by atomic mass is 9.88. The van der Waals surface area contributed by atoms with Gasteiger partial charge >= 0.3 is 0 Å². The third kappa shape index (κ3) is 3.45. The first kappa shape index (κ1) is 17.3. The van der Waals surface area contributed by atoms with E-state index < -0.39 is 0 Å². The number of hydrogen-bond donors (Lipinski definition) is 0. The summed E-state index contributed by atoms with van der Waals surface area (Å²) < 4.78 is 13.0. The van der Waals surface area contributed by atoms with E-state index >= 15 is 0 Å². The molecule has 1 fully saturated rings. The number of rotatable bonds is 3. The number of nitrogens with zero attached hydrogens (tertiary/aromatic N) is 2. The van der Waals surface area contributed by atoms with Gasteiger partial charge in [-0.3, -0.25) is 14.6 Å². The molecule has 0 bridgehead atoms. The normalized spacial score (nSPS) is 15.1. The van der Waals surface area contributed by atoms with Crippen molar-refractivity contribution >= 4 is 22.5 Å². The number of ketones is 1. The molecule has 2 heterocycles. The summed E-state index contributed by atoms with van der Waals surface area (Å²) in [5, 5.41) is 1.83. The third-order valence-corrected chi connectivity index (χ3v) is 5.16. The molecule has 1 aromatic heterocycles. The molecule has 3 aromatic rings. The van der Waals surface area contributed by atoms with Gasteiger partial charge in [0.25, 0.3) is 5.91 Å². The van der Waals surface area contributed by atoms with Gasteiger partial charge in [0, 0.05) is 36.2 Å². The Labute approximate surface area is 156 Å². The molecule has 2 aromatic carbocycles. The fourth-order valence-corrected chi connectivity index (χ4v) is 3.63. The molecular formula is C22H19FN2O2. The molecule has 136 valence electrons. The number of carbonyl (C=O) groups excluding carboxylic acids is 2. The highest BCUT2D eigenvalue weighted by atomic mass is 19.1. The average Bonchev–Trinajstić information content (AvgIpc) is 2.73. The number of carbonyl (C=O) groups is 2. The Balaban J connectivity index is 1.46. The number of fused-ring (bicyclic) bond motifs is 1. The Hall–Kier alpha value is -3.08. The van der Waals surface area contributed by atoms with Crippen LogP contribution in [0.5, 0.6) is 0 Å². The van der Waals surface area contributed by atoms with E-state index in [9.17, 15) is 14.0 Å². The topological polar surface area (TPSA) is 50.3 Å². The molecule has 1 aliphatic rings. The molecule has 5 heteroatoms. The highest BCUT2D eigenvalue weighted by molar-refractivity contribution is 6.05. The number of piperidine rings is 1. The summed E-state index contributed by atoms with van der Waals surface area (Å²) in [5.41, 5.74) is 0.980. The van der Waals surface area contributed by atoms with E-state index in [0.29, 0.717) is 37.2 Å². The van der Waals surface area contributed by atoms with Gasteiger partial charge in [-0.05, 0) is 48.6 Å². The number of halogens is 1. The standard InChI is InChI=1S/C22H19FN2O2/c23-18-7-5-16(6-8-18)21(26)17-10-13-25(14-11-17)22(27)20-19-4-2-1-3-15(19)9-12-24-20/h1-9,12,17H,10-11,13-14H2. The van der Waals surface area contributed by atoms with Crippen LogP contribution in [0.3, 0.4) is 0 Å². The molecule has 0 atom stereocenters. The van der Waals surface area contributed by atoms with E-state index in [1.165, 1.54) is 24.3 Å². The summed E-state index contributed by atoms with van der Waals surface area (Å²) in [5.74, 6) is -0.570. The summed E-state index contributed by atoms with van der Waals surface area (Å²) in [6, 6.07) is 15.2. The zero-order valence-corrected chi connectivity index (χ0v) is 14.8. The lowest BCUT2D eigenvalue weighted by molar-refractivity contribution is 0.0647. The van der Waals surface area contributed by atoms with Crippen molar-refractivity contribution < 1.29 is 14.0 Å². The Morgan fingerprint density at radius 2 is 1.67 bits per heavy atom. The molecule has 27 heavy (non-hydrogen) atoms. The van der Waals surface area contributed by atoms with E-state index in [1.54, 1.807) is 11.1 Å². The largest absolute Gasteiger partial charge is 0.337 e. The number of likely N-dealkylation sites (tertiary alicyclic amines) is 1. The molecule has 0 unspecified atom stereocenters. The summed E-state index contributed by atoms with van der Waals surface area (Å²) in [7, 11) is 0. The first-order valence-corrected chi connectivity index (χ1v) is 9.06. The fraction of sp³-hybridized carbons (Fsp3) is 0.227. The Bertz CT molecular complexity index is 987. The van der Waals surface area contributed by atoms with Gasteiger partial charge in [-0.15, -0.1) is 0 Å². The van der Waals surface area contributed by atoms with Crippen molar-refractivity contribution in [3.8, 4) is 0 Å². The van der Waals surface area contributed by atoms with Gasteiger partial charge in [0.05, 0.1) is 0 Å². The van der Waals surface area contributed by atoms with Crippen molar-refractivity contribution in [1.29, 1.82) is 0 Å². The van der Waals surface area contributed by atoms with Gasteiger partial charge in [0.1, 0.15) is 11.5 Å². The van der Waals surface area contributed by atoms with Crippen LogP contribution in [0.15, 0.2) is 60.8 Å². The van der Waals surface area contributed by atoms with Crippen molar-refractivity contribution in [3.05, 3.63) is 77.9 Å². The number of hydrogen-bond acceptors (Lipinski definition) is 3. The summed E-state index contributed by atoms with van der Waals surface area (Å²) in [6.07, 6.45) is 2.86. The van der Waals surface area contributed by atoms with Crippen LogP contribution in [0.1, 0.15) is 33.7 Å². The van der Waals surface area contributed by atoms with E-state index in [2.05, 4.69) is 4.98 Å². The maximum atomic E-state index is 13.0. The van der Waals surface area contributed by atoms with Crippen molar-refractivity contribution in [2.75, 3.05) is 13.1 Å². The lowest BCUT2D eigenvalue weighted by Crippen LogP contribution is -2.40. The monoisotopic (exact) mass is 362 g/mol. The molecule has 1 aliphatic heterocycles. The van der Waals surface area contributed by atoms with Crippen LogP contribution in [0, 0.1) is 11.7 Å². The Morgan fingerprint density at radius 1 is 0.963 bits per heavy atom. The van der Waals surface area contributed by atoms with Crippen molar-refractivity contribution in [3.63, 3.8) is 0 Å². The van der Waals surface area contributed by atoms with Gasteiger partial charge in [-0.25, -0.2) is 4.39 Å². The molecule has 0 spiro atoms. The molecule has 4 rings (SSSR count). The van der Waals surface area contributed by atoms with Gasteiger partial charge < -0.3 is 4.90 Å². The van der Waals surface area contributed by atoms with Crippen LogP contribution in [-0.2, 0) is 0 Å². The second kappa shape index (κ2) is 7.27. The summed E-state index contributed by atoms with van der Waals surface area (Å²) in [4.78, 5) is 31.6. The van der Waals surface area contributed by atoms with Crippen LogP contribution in [-0.4, -0.2) is 34.7 Å². The van der Waals surface area contributed by atoms with E-state index in [0.717, 1.165) is 10.8 Å². The molecule has 4 nitrogen and oxygen atoms in total. The lowest BCUT2D eigenvalue weighted by Gasteiger charge is -2.31. The maximum absolute atomic E-state index is 13.0. The second-order valence-electron chi connectivity index (χ2n) is 6.82. The SMILES string of the molecule is O=C(c1ccc(F)cc1)C1CCN(C(=O)c2nccc3ccccc23)CC1. The highest BCUT2D eigenvalue weighted by Gasteiger charge is 2.29. The summed E-state index contributed by atoms with van der Waals surface area (Å²) >= 11 is 0. The molecule has 1 saturated heterocycles. The minimum Gasteiger partial charge on any atom is -0.337 e. The van der Waals surface area contributed by atoms with Gasteiger partial charge in [-0.1, -0.05) is 24.3 Å². The van der Waals surface area contributed by atoms with Crippen LogP contribution in [0.2, 0.25) is 0 Å². The highest BCUT2D eigenvalue weighted by Crippen LogP contribution is 2.24. The zero-order chi connectivity index (χ0) is 18.8. The van der Waals surface area contributed by atoms with Crippen molar-refractivity contribution in [1.82, 2.24) is 9.88 Å². The van der Waals surface area contributed by atoms with E-state index in [1.807, 2.05) is 30.3 Å². The van der Waals surface area contributed by atoms with Crippen LogP contribution in [0.25, 0.3) is 10.8 Å². The fourth-order valence-electron chi connectivity index (χ4n) is 3.63. The van der Waals surface area contributed by atoms with Crippen LogP contribution < -0.4 is 0 Å². The van der Waals surface area contributed by atoms with Gasteiger partial charge in [-0.2, -0.15) is 0 Å². The van der Waals surface area contributed by atoms with Gasteiger partial charge in [0.15, 0.2) is 5.78 Å². The Kier molecular flexibility index (Phi) is 4.67. The molecule has 0 aliphatic carbocycles. The average molecular weight is 362 g/mol. The van der Waals surface area contributed by atoms with Crippen LogP contribution >= 0.6 is 0 Å². The number of aromatic nitrogens is 1. The first-order chi connectivity index (χ1) is 13.1. The zero-order valence-electron chi connectivity index (χ0n) is 14.8. The minimum atomic E-state index is -0.352. The van der Waals surface area contributed by atoms with E-state index in [-0.39, 0.29) is 23.4 Å². The number of amides is 1. The second-order valence-corrected chi connectivity index (χ2v) is 6.82. The Morgan fingerprint density at radius 3 is 2.41 bits per heavy atom. The number of benzene rings is 2. The molecule has 0 radical (unpaired) electrons. The third-order valence-electron chi connectivity index (χ3n) is 5.16. The predicted molar refractivity (Wildman–Crippen MR) is 101 cm³/mol. The smallest absolute Gasteiger partial charge is 0.273 e. The molecule has 0 N–H and O–H groups in total. The van der Waals surface area contributed by atoms with Gasteiger partial charge in [0.2, 0.25) is 0 Å². The molecule has 0 saturated carbocycles. The first-order valence-electron chi connectivity index (χ1n) is 9.06. The minimum absolute atomic E-state index is 0.0189. The number of Topliss-reactive ketones (excluding diaryl/α,β-unsaturated/α-hetero) is 1. The maximum Gasteiger partial charge on any atom is 0.273 e. The van der Waals surface area contributed by atoms with Crippen LogP contribution in [0.4, 0.5) is 4.39 Å². The molecular weight excluding hydrogens is 343 g/mol. The summed E-state index contributed by atoms with van der Waals surface area (Å²) in [6.45, 7) is 1.03. The van der Waals surface area contributed by atoms with Crippen molar-refractivity contribution in [2.45, 2.75) is 12.8 Å². The van der Waals surface area contributed by atoms with Crippen molar-refractivity contribution in [2.24, 2.45) is 5.92 Å². The van der Waals surface area contributed by atoms with E-state index in [4.69, 9.17) is 0 Å². The molecule has 1 amide bonds. The number of pyridine rings is 1. The predicted octanol–water partition coefficient (Wildman–Crippen LogP) is 4.11. The quantitative estimate of drug-likeness (QED) is 0.659.